The summed E-state index contributed by atoms with van der Waals surface area (Å²) in [5, 5.41) is 9.81. The minimum absolute atomic E-state index is 0.123. The normalized spacial score (nSPS) is 30.6. The van der Waals surface area contributed by atoms with Gasteiger partial charge in [-0.2, -0.15) is 0 Å². The molecule has 0 aromatic rings. The van der Waals surface area contributed by atoms with Crippen molar-refractivity contribution in [2.45, 2.75) is 70.6 Å². The van der Waals surface area contributed by atoms with Gasteiger partial charge in [-0.25, -0.2) is 0 Å². The van der Waals surface area contributed by atoms with Crippen molar-refractivity contribution in [1.82, 2.24) is 0 Å². The molecule has 0 aliphatic carbocycles. The summed E-state index contributed by atoms with van der Waals surface area (Å²) in [6, 6.07) is 0. The van der Waals surface area contributed by atoms with E-state index in [0.29, 0.717) is 26.2 Å². The second-order valence-electron chi connectivity index (χ2n) is 5.27. The fourth-order valence-electron chi connectivity index (χ4n) is 2.33. The van der Waals surface area contributed by atoms with E-state index in [4.69, 9.17) is 18.9 Å². The van der Waals surface area contributed by atoms with Crippen molar-refractivity contribution in [3.63, 3.8) is 0 Å². The van der Waals surface area contributed by atoms with Crippen LogP contribution in [0.4, 0.5) is 0 Å². The summed E-state index contributed by atoms with van der Waals surface area (Å²) in [6.45, 7) is 6.05. The molecule has 1 heterocycles. The number of hydrogen-bond donors (Lipinski definition) is 1. The molecule has 1 aliphatic rings. The van der Waals surface area contributed by atoms with Gasteiger partial charge in [0.25, 0.3) is 0 Å². The number of methoxy groups -OCH3 is 1. The van der Waals surface area contributed by atoms with Crippen LogP contribution in [0.15, 0.2) is 0 Å². The van der Waals surface area contributed by atoms with Crippen molar-refractivity contribution in [1.29, 1.82) is 0 Å². The Balaban J connectivity index is 2.57. The van der Waals surface area contributed by atoms with Gasteiger partial charge < -0.3 is 24.1 Å². The van der Waals surface area contributed by atoms with Crippen LogP contribution in [0.1, 0.15) is 46.0 Å². The number of rotatable bonds is 10. The van der Waals surface area contributed by atoms with E-state index >= 15 is 0 Å². The zero-order valence-corrected chi connectivity index (χ0v) is 13.0. The summed E-state index contributed by atoms with van der Waals surface area (Å²) < 4.78 is 22.5. The van der Waals surface area contributed by atoms with Gasteiger partial charge in [0.05, 0.1) is 12.7 Å². The molecule has 120 valence electrons. The molecule has 4 atom stereocenters. The molecular weight excluding hydrogens is 260 g/mol. The van der Waals surface area contributed by atoms with E-state index in [9.17, 15) is 5.11 Å². The van der Waals surface area contributed by atoms with Crippen LogP contribution in [0, 0.1) is 0 Å². The molecule has 0 bridgehead atoms. The largest absolute Gasteiger partial charge is 0.382 e. The van der Waals surface area contributed by atoms with Crippen molar-refractivity contribution in [3.8, 4) is 0 Å². The van der Waals surface area contributed by atoms with E-state index in [-0.39, 0.29) is 18.3 Å². The fraction of sp³-hybridized carbons (Fsp3) is 1.00. The molecule has 5 heteroatoms. The Morgan fingerprint density at radius 2 is 1.75 bits per heavy atom. The summed E-state index contributed by atoms with van der Waals surface area (Å²) in [7, 11) is 1.63. The lowest BCUT2D eigenvalue weighted by Gasteiger charge is -2.39. The standard InChI is InChI=1S/C15H30O5/c1-4-6-8-18-12-10-14(16)20-13(11-17-3)15(12)19-9-7-5-2/h12-16H,4-11H2,1-3H3. The van der Waals surface area contributed by atoms with Crippen molar-refractivity contribution in [2.75, 3.05) is 26.9 Å². The topological polar surface area (TPSA) is 57.2 Å². The highest BCUT2D eigenvalue weighted by Crippen LogP contribution is 2.25. The fourth-order valence-corrected chi connectivity index (χ4v) is 2.33. The molecule has 1 aliphatic heterocycles. The highest BCUT2D eigenvalue weighted by Gasteiger charge is 2.39. The molecule has 0 radical (unpaired) electrons. The van der Waals surface area contributed by atoms with Crippen LogP contribution in [0.5, 0.6) is 0 Å². The second kappa shape index (κ2) is 10.5. The van der Waals surface area contributed by atoms with E-state index in [1.165, 1.54) is 0 Å². The molecule has 1 saturated heterocycles. The molecule has 0 aromatic carbocycles. The minimum Gasteiger partial charge on any atom is -0.382 e. The van der Waals surface area contributed by atoms with Gasteiger partial charge in [-0.1, -0.05) is 26.7 Å². The number of aliphatic hydroxyl groups is 1. The van der Waals surface area contributed by atoms with Crippen LogP contribution in [0.2, 0.25) is 0 Å². The summed E-state index contributed by atoms with van der Waals surface area (Å²) in [6.07, 6.45) is 3.32. The summed E-state index contributed by atoms with van der Waals surface area (Å²) >= 11 is 0. The average Bonchev–Trinajstić information content (AvgIpc) is 2.42. The third-order valence-corrected chi connectivity index (χ3v) is 3.47. The molecule has 0 aromatic heterocycles. The first kappa shape index (κ1) is 17.9. The molecule has 0 saturated carbocycles. The highest BCUT2D eigenvalue weighted by atomic mass is 16.6. The van der Waals surface area contributed by atoms with E-state index in [1.807, 2.05) is 0 Å². The first-order valence-corrected chi connectivity index (χ1v) is 7.78. The predicted molar refractivity (Wildman–Crippen MR) is 76.7 cm³/mol. The van der Waals surface area contributed by atoms with Gasteiger partial charge >= 0.3 is 0 Å². The Morgan fingerprint density at radius 1 is 1.10 bits per heavy atom. The number of aliphatic hydroxyl groups excluding tert-OH is 1. The lowest BCUT2D eigenvalue weighted by atomic mass is 10.0. The lowest BCUT2D eigenvalue weighted by molar-refractivity contribution is -0.259. The van der Waals surface area contributed by atoms with Gasteiger partial charge in [0, 0.05) is 26.7 Å². The smallest absolute Gasteiger partial charge is 0.157 e. The minimum atomic E-state index is -0.798. The first-order chi connectivity index (χ1) is 9.72. The maximum absolute atomic E-state index is 9.81. The monoisotopic (exact) mass is 290 g/mol. The highest BCUT2D eigenvalue weighted by molar-refractivity contribution is 4.85. The van der Waals surface area contributed by atoms with E-state index < -0.39 is 6.29 Å². The van der Waals surface area contributed by atoms with Gasteiger partial charge in [0.15, 0.2) is 6.29 Å². The predicted octanol–water partition coefficient (Wildman–Crippen LogP) is 2.11. The van der Waals surface area contributed by atoms with Crippen LogP contribution in [-0.4, -0.2) is 56.6 Å². The molecule has 4 unspecified atom stereocenters. The van der Waals surface area contributed by atoms with Crippen molar-refractivity contribution < 1.29 is 24.1 Å². The number of ether oxygens (including phenoxy) is 4. The molecule has 0 spiro atoms. The maximum Gasteiger partial charge on any atom is 0.157 e. The summed E-state index contributed by atoms with van der Waals surface area (Å²) in [4.78, 5) is 0. The maximum atomic E-state index is 9.81. The van der Waals surface area contributed by atoms with Crippen LogP contribution in [0.25, 0.3) is 0 Å². The van der Waals surface area contributed by atoms with E-state index in [0.717, 1.165) is 25.7 Å². The van der Waals surface area contributed by atoms with E-state index in [1.54, 1.807) is 7.11 Å². The van der Waals surface area contributed by atoms with Crippen molar-refractivity contribution >= 4 is 0 Å². The Kier molecular flexibility index (Phi) is 9.39. The van der Waals surface area contributed by atoms with Gasteiger partial charge in [-0.3, -0.25) is 0 Å². The molecule has 1 fully saturated rings. The quantitative estimate of drug-likeness (QED) is 0.625. The Bertz CT molecular complexity index is 236. The summed E-state index contributed by atoms with van der Waals surface area (Å²) in [5.41, 5.74) is 0. The third kappa shape index (κ3) is 6.06. The average molecular weight is 290 g/mol. The van der Waals surface area contributed by atoms with Gasteiger partial charge in [0.1, 0.15) is 12.2 Å². The van der Waals surface area contributed by atoms with Crippen LogP contribution in [-0.2, 0) is 18.9 Å². The SMILES string of the molecule is CCCCOC1CC(O)OC(COC)C1OCCCC. The number of unbranched alkanes of at least 4 members (excludes halogenated alkanes) is 2. The molecule has 20 heavy (non-hydrogen) atoms. The first-order valence-electron chi connectivity index (χ1n) is 7.78. The Hall–Kier alpha value is -0.200. The molecule has 5 nitrogen and oxygen atoms in total. The van der Waals surface area contributed by atoms with Gasteiger partial charge in [-0.15, -0.1) is 0 Å². The summed E-state index contributed by atoms with van der Waals surface area (Å²) in [5.74, 6) is 0. The Morgan fingerprint density at radius 3 is 2.35 bits per heavy atom. The lowest BCUT2D eigenvalue weighted by Crippen LogP contribution is -2.52. The third-order valence-electron chi connectivity index (χ3n) is 3.47. The second-order valence-corrected chi connectivity index (χ2v) is 5.27. The van der Waals surface area contributed by atoms with Crippen LogP contribution in [0.3, 0.4) is 0 Å². The van der Waals surface area contributed by atoms with Crippen LogP contribution >= 0.6 is 0 Å². The van der Waals surface area contributed by atoms with Crippen LogP contribution < -0.4 is 0 Å². The van der Waals surface area contributed by atoms with Gasteiger partial charge in [0.2, 0.25) is 0 Å². The Labute approximate surface area is 122 Å². The van der Waals surface area contributed by atoms with E-state index in [2.05, 4.69) is 13.8 Å². The molecule has 1 rings (SSSR count). The molecular formula is C15H30O5. The molecule has 0 amide bonds. The molecule has 1 N–H and O–H groups in total. The van der Waals surface area contributed by atoms with Gasteiger partial charge in [-0.05, 0) is 12.8 Å². The zero-order chi connectivity index (χ0) is 14.8. The number of hydrogen-bond acceptors (Lipinski definition) is 5. The van der Waals surface area contributed by atoms with Crippen molar-refractivity contribution in [2.24, 2.45) is 0 Å². The zero-order valence-electron chi connectivity index (χ0n) is 13.0. The van der Waals surface area contributed by atoms with Crippen molar-refractivity contribution in [3.05, 3.63) is 0 Å².